The van der Waals surface area contributed by atoms with Crippen LogP contribution in [0.5, 0.6) is 0 Å². The van der Waals surface area contributed by atoms with Crippen LogP contribution >= 0.6 is 0 Å². The summed E-state index contributed by atoms with van der Waals surface area (Å²) in [5, 5.41) is 21.8. The van der Waals surface area contributed by atoms with Crippen LogP contribution in [0.3, 0.4) is 0 Å². The Labute approximate surface area is 113 Å². The Hall–Kier alpha value is -1.64. The fourth-order valence-electron chi connectivity index (χ4n) is 1.21. The van der Waals surface area contributed by atoms with Crippen LogP contribution in [0.15, 0.2) is 0 Å². The number of urea groups is 1. The highest BCUT2D eigenvalue weighted by Crippen LogP contribution is 1.95. The zero-order chi connectivity index (χ0) is 15.0. The Kier molecular flexibility index (Phi) is 7.73. The van der Waals surface area contributed by atoms with E-state index < -0.39 is 41.2 Å². The minimum Gasteiger partial charge on any atom is -0.481 e. The molecule has 3 atom stereocenters. The van der Waals surface area contributed by atoms with E-state index in [0.717, 1.165) is 0 Å². The fraction of sp³-hybridized carbons (Fsp3) is 0.700. The van der Waals surface area contributed by atoms with Crippen molar-refractivity contribution in [2.24, 2.45) is 0 Å². The molecule has 0 aromatic heterocycles. The van der Waals surface area contributed by atoms with Gasteiger partial charge in [-0.1, -0.05) is 0 Å². The van der Waals surface area contributed by atoms with E-state index in [4.69, 9.17) is 10.2 Å². The molecule has 0 rings (SSSR count). The number of carbonyl (C=O) groups excluding carboxylic acids is 1. The first-order valence-corrected chi connectivity index (χ1v) is 7.26. The summed E-state index contributed by atoms with van der Waals surface area (Å²) in [6.07, 6.45) is 1.32. The Bertz CT molecular complexity index is 373. The third kappa shape index (κ3) is 9.00. The highest BCUT2D eigenvalue weighted by Gasteiger charge is 2.23. The summed E-state index contributed by atoms with van der Waals surface area (Å²) >= 11 is 0. The van der Waals surface area contributed by atoms with Crippen LogP contribution < -0.4 is 10.6 Å². The van der Waals surface area contributed by atoms with E-state index in [-0.39, 0.29) is 6.04 Å². The zero-order valence-electron chi connectivity index (χ0n) is 10.7. The number of carboxylic acids is 2. The van der Waals surface area contributed by atoms with E-state index in [1.165, 1.54) is 0 Å². The molecule has 0 radical (unpaired) electrons. The molecule has 0 fully saturated rings. The first kappa shape index (κ1) is 17.4. The average molecular weight is 294 g/mol. The first-order chi connectivity index (χ1) is 8.72. The first-order valence-electron chi connectivity index (χ1n) is 5.54. The molecule has 0 saturated heterocycles. The van der Waals surface area contributed by atoms with Gasteiger partial charge in [-0.2, -0.15) is 0 Å². The smallest absolute Gasteiger partial charge is 0.326 e. The van der Waals surface area contributed by atoms with Gasteiger partial charge in [0.2, 0.25) is 0 Å². The Morgan fingerprint density at radius 1 is 1.21 bits per heavy atom. The second-order valence-corrected chi connectivity index (χ2v) is 5.63. The summed E-state index contributed by atoms with van der Waals surface area (Å²) in [7, 11) is -0.970. The van der Waals surface area contributed by atoms with Crippen LogP contribution in [-0.2, 0) is 20.4 Å². The molecular formula is C10H18N2O6S. The molecule has 8 nitrogen and oxygen atoms in total. The van der Waals surface area contributed by atoms with Gasteiger partial charge in [0.05, 0.1) is 6.42 Å². The van der Waals surface area contributed by atoms with Gasteiger partial charge in [-0.05, 0) is 13.3 Å². The molecule has 110 valence electrons. The van der Waals surface area contributed by atoms with Gasteiger partial charge < -0.3 is 20.8 Å². The summed E-state index contributed by atoms with van der Waals surface area (Å²) in [5.41, 5.74) is 0. The number of nitrogens with one attached hydrogen (secondary N) is 2. The molecule has 9 heteroatoms. The molecule has 0 aliphatic rings. The van der Waals surface area contributed by atoms with Crippen molar-refractivity contribution in [2.75, 3.05) is 12.0 Å². The van der Waals surface area contributed by atoms with E-state index in [0.29, 0.717) is 12.2 Å². The van der Waals surface area contributed by atoms with Gasteiger partial charge in [0, 0.05) is 28.9 Å². The monoisotopic (exact) mass is 294 g/mol. The highest BCUT2D eigenvalue weighted by atomic mass is 32.2. The summed E-state index contributed by atoms with van der Waals surface area (Å²) in [6, 6.07) is -2.53. The van der Waals surface area contributed by atoms with E-state index in [1.54, 1.807) is 13.2 Å². The summed E-state index contributed by atoms with van der Waals surface area (Å²) in [6.45, 7) is 1.68. The quantitative estimate of drug-likeness (QED) is 0.471. The molecule has 0 heterocycles. The van der Waals surface area contributed by atoms with Gasteiger partial charge in [0.15, 0.2) is 0 Å². The van der Waals surface area contributed by atoms with Crippen LogP contribution in [0.2, 0.25) is 0 Å². The molecule has 4 N–H and O–H groups in total. The van der Waals surface area contributed by atoms with Crippen LogP contribution in [0.25, 0.3) is 0 Å². The lowest BCUT2D eigenvalue weighted by Crippen LogP contribution is -2.49. The lowest BCUT2D eigenvalue weighted by molar-refractivity contribution is -0.145. The number of carbonyl (C=O) groups is 3. The molecular weight excluding hydrogens is 276 g/mol. The lowest BCUT2D eigenvalue weighted by Gasteiger charge is -2.17. The Morgan fingerprint density at radius 2 is 1.79 bits per heavy atom. The Morgan fingerprint density at radius 3 is 2.21 bits per heavy atom. The van der Waals surface area contributed by atoms with Gasteiger partial charge in [-0.25, -0.2) is 9.59 Å². The molecule has 0 spiro atoms. The summed E-state index contributed by atoms with van der Waals surface area (Å²) in [5.74, 6) is -2.32. The molecule has 0 aromatic carbocycles. The van der Waals surface area contributed by atoms with E-state index in [9.17, 15) is 18.6 Å². The van der Waals surface area contributed by atoms with Crippen molar-refractivity contribution in [3.8, 4) is 0 Å². The fourth-order valence-corrected chi connectivity index (χ4v) is 1.90. The summed E-state index contributed by atoms with van der Waals surface area (Å²) < 4.78 is 10.9. The largest absolute Gasteiger partial charge is 0.481 e. The van der Waals surface area contributed by atoms with Crippen LogP contribution in [-0.4, -0.2) is 56.5 Å². The molecule has 2 amide bonds. The molecule has 2 unspecified atom stereocenters. The van der Waals surface area contributed by atoms with Crippen LogP contribution in [0, 0.1) is 0 Å². The standard InChI is InChI=1S/C10H18N2O6S/c1-6(3-4-19(2)18)11-10(17)12-7(9(15)16)5-8(13)14/h6-7H,3-5H2,1-2H3,(H,13,14)(H,15,16)(H2,11,12,17)/t6?,7-,19?/m1/s1. The predicted molar refractivity (Wildman–Crippen MR) is 68.4 cm³/mol. The van der Waals surface area contributed by atoms with Crippen molar-refractivity contribution in [3.05, 3.63) is 0 Å². The highest BCUT2D eigenvalue weighted by molar-refractivity contribution is 7.84. The zero-order valence-corrected chi connectivity index (χ0v) is 11.5. The molecule has 0 aromatic rings. The van der Waals surface area contributed by atoms with Crippen molar-refractivity contribution in [1.29, 1.82) is 0 Å². The van der Waals surface area contributed by atoms with Crippen LogP contribution in [0.1, 0.15) is 19.8 Å². The van der Waals surface area contributed by atoms with Crippen LogP contribution in [0.4, 0.5) is 4.79 Å². The van der Waals surface area contributed by atoms with E-state index >= 15 is 0 Å². The maximum atomic E-state index is 11.4. The third-order valence-corrected chi connectivity index (χ3v) is 3.01. The van der Waals surface area contributed by atoms with E-state index in [2.05, 4.69) is 10.6 Å². The van der Waals surface area contributed by atoms with Crippen molar-refractivity contribution in [1.82, 2.24) is 10.6 Å². The van der Waals surface area contributed by atoms with Gasteiger partial charge in [0.1, 0.15) is 6.04 Å². The normalized spacial score (nSPS) is 15.1. The topological polar surface area (TPSA) is 133 Å². The number of amides is 2. The SMILES string of the molecule is CC(CCS(C)=O)NC(=O)N[C@H](CC(=O)O)C(=O)O. The molecule has 0 aliphatic heterocycles. The minimum absolute atomic E-state index is 0.289. The predicted octanol–water partition coefficient (Wildman–Crippen LogP) is -0.629. The second-order valence-electron chi connectivity index (χ2n) is 4.07. The maximum Gasteiger partial charge on any atom is 0.326 e. The average Bonchev–Trinajstić information content (AvgIpc) is 2.24. The number of rotatable bonds is 8. The minimum atomic E-state index is -1.48. The second kappa shape index (κ2) is 8.46. The van der Waals surface area contributed by atoms with E-state index in [1.807, 2.05) is 0 Å². The Balaban J connectivity index is 4.22. The molecule has 19 heavy (non-hydrogen) atoms. The van der Waals surface area contributed by atoms with Gasteiger partial charge in [-0.15, -0.1) is 0 Å². The number of aliphatic carboxylic acids is 2. The van der Waals surface area contributed by atoms with Gasteiger partial charge in [0.25, 0.3) is 0 Å². The third-order valence-electron chi connectivity index (χ3n) is 2.20. The number of carboxylic acid groups (broad SMARTS) is 2. The van der Waals surface area contributed by atoms with Gasteiger partial charge >= 0.3 is 18.0 Å². The summed E-state index contributed by atoms with van der Waals surface area (Å²) in [4.78, 5) is 32.6. The maximum absolute atomic E-state index is 11.4. The van der Waals surface area contributed by atoms with Crippen molar-refractivity contribution >= 4 is 28.8 Å². The molecule has 0 aliphatic carbocycles. The van der Waals surface area contributed by atoms with Crippen molar-refractivity contribution in [2.45, 2.75) is 31.8 Å². The number of hydrogen-bond acceptors (Lipinski definition) is 4. The van der Waals surface area contributed by atoms with Gasteiger partial charge in [-0.3, -0.25) is 9.00 Å². The lowest BCUT2D eigenvalue weighted by atomic mass is 10.2. The van der Waals surface area contributed by atoms with Crippen molar-refractivity contribution in [3.63, 3.8) is 0 Å². The molecule has 0 bridgehead atoms. The molecule has 0 saturated carbocycles. The van der Waals surface area contributed by atoms with Crippen molar-refractivity contribution < 1.29 is 28.8 Å². The number of hydrogen-bond donors (Lipinski definition) is 4.